The molecule has 9 nitrogen and oxygen atoms in total. The van der Waals surface area contributed by atoms with Gasteiger partial charge in [0.05, 0.1) is 16.6 Å². The molecule has 0 saturated heterocycles. The van der Waals surface area contributed by atoms with E-state index in [4.69, 9.17) is 5.14 Å². The molecule has 3 rings (SSSR count). The average Bonchev–Trinajstić information content (AvgIpc) is 3.16. The Morgan fingerprint density at radius 2 is 1.77 bits per heavy atom. The van der Waals surface area contributed by atoms with Crippen molar-refractivity contribution >= 4 is 15.9 Å². The van der Waals surface area contributed by atoms with Gasteiger partial charge < -0.3 is 5.32 Å². The Morgan fingerprint density at radius 1 is 1.12 bits per heavy atom. The maximum absolute atomic E-state index is 12.4. The fraction of sp³-hybridized carbons (Fsp3) is 0.125. The van der Waals surface area contributed by atoms with E-state index in [9.17, 15) is 13.2 Å². The Balaban J connectivity index is 1.69. The Morgan fingerprint density at radius 3 is 2.31 bits per heavy atom. The van der Waals surface area contributed by atoms with E-state index in [-0.39, 0.29) is 16.8 Å². The fourth-order valence-electron chi connectivity index (χ4n) is 2.35. The Bertz CT molecular complexity index is 999. The molecule has 134 valence electrons. The van der Waals surface area contributed by atoms with Crippen molar-refractivity contribution < 1.29 is 13.2 Å². The van der Waals surface area contributed by atoms with Gasteiger partial charge in [-0.05, 0) is 59.3 Å². The number of sulfonamides is 1. The number of rotatable bonds is 5. The number of primary sulfonamides is 1. The minimum Gasteiger partial charge on any atom is -0.346 e. The molecule has 1 amide bonds. The van der Waals surface area contributed by atoms with Crippen LogP contribution in [0.4, 0.5) is 0 Å². The van der Waals surface area contributed by atoms with Gasteiger partial charge in [-0.3, -0.25) is 4.79 Å². The molecule has 0 bridgehead atoms. The molecule has 0 saturated carbocycles. The predicted octanol–water partition coefficient (Wildman–Crippen LogP) is 0.801. The van der Waals surface area contributed by atoms with Gasteiger partial charge >= 0.3 is 0 Å². The molecule has 1 aromatic heterocycles. The van der Waals surface area contributed by atoms with Crippen LogP contribution in [-0.2, 0) is 10.0 Å². The summed E-state index contributed by atoms with van der Waals surface area (Å²) in [5.74, 6) is -0.253. The summed E-state index contributed by atoms with van der Waals surface area (Å²) in [6.07, 6.45) is 1.46. The fourth-order valence-corrected chi connectivity index (χ4v) is 2.87. The zero-order chi connectivity index (χ0) is 18.7. The van der Waals surface area contributed by atoms with Crippen LogP contribution in [0.2, 0.25) is 0 Å². The normalized spacial score (nSPS) is 12.5. The second-order valence-electron chi connectivity index (χ2n) is 5.61. The number of hydrogen-bond donors (Lipinski definition) is 2. The first-order valence-corrected chi connectivity index (χ1v) is 9.16. The SMILES string of the molecule is CC(NC(=O)c1ccc(-n2cnnn2)cc1)c1ccc(S(N)(=O)=O)cc1. The zero-order valence-electron chi connectivity index (χ0n) is 13.8. The van der Waals surface area contributed by atoms with Crippen LogP contribution in [0.15, 0.2) is 59.8 Å². The van der Waals surface area contributed by atoms with E-state index in [1.54, 1.807) is 43.3 Å². The van der Waals surface area contributed by atoms with E-state index in [0.29, 0.717) is 5.56 Å². The molecule has 26 heavy (non-hydrogen) atoms. The van der Waals surface area contributed by atoms with Crippen molar-refractivity contribution in [3.05, 3.63) is 66.0 Å². The van der Waals surface area contributed by atoms with E-state index in [0.717, 1.165) is 11.3 Å². The van der Waals surface area contributed by atoms with Gasteiger partial charge in [0.2, 0.25) is 10.0 Å². The van der Waals surface area contributed by atoms with Gasteiger partial charge in [-0.2, -0.15) is 0 Å². The molecule has 0 spiro atoms. The van der Waals surface area contributed by atoms with Crippen molar-refractivity contribution in [2.45, 2.75) is 17.9 Å². The number of nitrogens with zero attached hydrogens (tertiary/aromatic N) is 4. The molecule has 0 aliphatic heterocycles. The van der Waals surface area contributed by atoms with Crippen LogP contribution in [0.3, 0.4) is 0 Å². The summed E-state index contributed by atoms with van der Waals surface area (Å²) in [6.45, 7) is 1.80. The van der Waals surface area contributed by atoms with Gasteiger partial charge in [0, 0.05) is 5.56 Å². The summed E-state index contributed by atoms with van der Waals surface area (Å²) < 4.78 is 24.1. The van der Waals surface area contributed by atoms with E-state index in [1.165, 1.54) is 23.1 Å². The zero-order valence-corrected chi connectivity index (χ0v) is 14.6. The monoisotopic (exact) mass is 372 g/mol. The molecule has 1 heterocycles. The second kappa shape index (κ2) is 7.02. The van der Waals surface area contributed by atoms with Crippen molar-refractivity contribution in [1.82, 2.24) is 25.5 Å². The van der Waals surface area contributed by atoms with Crippen molar-refractivity contribution in [1.29, 1.82) is 0 Å². The number of benzene rings is 2. The smallest absolute Gasteiger partial charge is 0.251 e. The summed E-state index contributed by atoms with van der Waals surface area (Å²) >= 11 is 0. The van der Waals surface area contributed by atoms with Crippen LogP contribution >= 0.6 is 0 Å². The van der Waals surface area contributed by atoms with Gasteiger partial charge in [-0.15, -0.1) is 5.10 Å². The van der Waals surface area contributed by atoms with Gasteiger partial charge in [0.1, 0.15) is 6.33 Å². The van der Waals surface area contributed by atoms with Crippen molar-refractivity contribution in [2.75, 3.05) is 0 Å². The summed E-state index contributed by atoms with van der Waals surface area (Å²) in [4.78, 5) is 12.4. The molecule has 0 aliphatic carbocycles. The van der Waals surface area contributed by atoms with Gasteiger partial charge in [-0.25, -0.2) is 18.2 Å². The molecule has 2 aromatic carbocycles. The molecule has 1 unspecified atom stereocenters. The van der Waals surface area contributed by atoms with Crippen LogP contribution in [-0.4, -0.2) is 34.5 Å². The topological polar surface area (TPSA) is 133 Å². The molecule has 0 aliphatic rings. The lowest BCUT2D eigenvalue weighted by Gasteiger charge is -2.15. The summed E-state index contributed by atoms with van der Waals surface area (Å²) in [6, 6.07) is 12.6. The highest BCUT2D eigenvalue weighted by Crippen LogP contribution is 2.16. The third kappa shape index (κ3) is 3.92. The van der Waals surface area contributed by atoms with Crippen LogP contribution < -0.4 is 10.5 Å². The van der Waals surface area contributed by atoms with E-state index < -0.39 is 10.0 Å². The van der Waals surface area contributed by atoms with Gasteiger partial charge in [0.15, 0.2) is 0 Å². The summed E-state index contributed by atoms with van der Waals surface area (Å²) in [5, 5.41) is 18.8. The lowest BCUT2D eigenvalue weighted by atomic mass is 10.1. The molecule has 3 aromatic rings. The number of carbonyl (C=O) groups is 1. The molecule has 0 fully saturated rings. The van der Waals surface area contributed by atoms with Crippen LogP contribution in [0, 0.1) is 0 Å². The number of nitrogens with two attached hydrogens (primary N) is 1. The standard InChI is InChI=1S/C16H16N6O3S/c1-11(12-4-8-15(9-5-12)26(17,24)25)19-16(23)13-2-6-14(7-3-13)22-10-18-20-21-22/h2-11H,1H3,(H,19,23)(H2,17,24,25). The Kier molecular flexibility index (Phi) is 4.78. The first-order valence-electron chi connectivity index (χ1n) is 7.61. The number of hydrogen-bond acceptors (Lipinski definition) is 6. The lowest BCUT2D eigenvalue weighted by molar-refractivity contribution is 0.0940. The quantitative estimate of drug-likeness (QED) is 0.681. The van der Waals surface area contributed by atoms with Crippen molar-refractivity contribution in [3.63, 3.8) is 0 Å². The van der Waals surface area contributed by atoms with Crippen LogP contribution in [0.25, 0.3) is 5.69 Å². The number of amides is 1. The van der Waals surface area contributed by atoms with E-state index in [1.807, 2.05) is 0 Å². The molecule has 1 atom stereocenters. The Labute approximate surface area is 149 Å². The van der Waals surface area contributed by atoms with Crippen LogP contribution in [0.5, 0.6) is 0 Å². The van der Waals surface area contributed by atoms with Gasteiger partial charge in [-0.1, -0.05) is 12.1 Å². The number of carbonyl (C=O) groups excluding carboxylic acids is 1. The molecule has 3 N–H and O–H groups in total. The third-order valence-corrected chi connectivity index (χ3v) is 4.73. The highest BCUT2D eigenvalue weighted by atomic mass is 32.2. The van der Waals surface area contributed by atoms with Crippen LogP contribution in [0.1, 0.15) is 28.9 Å². The molecule has 10 heteroatoms. The number of nitrogens with one attached hydrogen (secondary N) is 1. The summed E-state index contributed by atoms with van der Waals surface area (Å²) in [7, 11) is -3.74. The highest BCUT2D eigenvalue weighted by molar-refractivity contribution is 7.89. The minimum absolute atomic E-state index is 0.0259. The lowest BCUT2D eigenvalue weighted by Crippen LogP contribution is -2.26. The third-order valence-electron chi connectivity index (χ3n) is 3.80. The Hall–Kier alpha value is -3.11. The highest BCUT2D eigenvalue weighted by Gasteiger charge is 2.13. The van der Waals surface area contributed by atoms with E-state index in [2.05, 4.69) is 20.8 Å². The predicted molar refractivity (Wildman–Crippen MR) is 92.9 cm³/mol. The maximum atomic E-state index is 12.4. The van der Waals surface area contributed by atoms with Crippen molar-refractivity contribution in [2.24, 2.45) is 5.14 Å². The largest absolute Gasteiger partial charge is 0.346 e. The molecular weight excluding hydrogens is 356 g/mol. The molecular formula is C16H16N6O3S. The average molecular weight is 372 g/mol. The van der Waals surface area contributed by atoms with Crippen molar-refractivity contribution in [3.8, 4) is 5.69 Å². The second-order valence-corrected chi connectivity index (χ2v) is 7.17. The van der Waals surface area contributed by atoms with E-state index >= 15 is 0 Å². The summed E-state index contributed by atoms with van der Waals surface area (Å²) in [5.41, 5.74) is 1.98. The first-order chi connectivity index (χ1) is 12.3. The number of aromatic nitrogens is 4. The van der Waals surface area contributed by atoms with Gasteiger partial charge in [0.25, 0.3) is 5.91 Å². The number of tetrazole rings is 1. The first kappa shape index (κ1) is 17.7. The molecule has 0 radical (unpaired) electrons. The maximum Gasteiger partial charge on any atom is 0.251 e. The minimum atomic E-state index is -3.74.